The van der Waals surface area contributed by atoms with Gasteiger partial charge in [-0.3, -0.25) is 4.79 Å². The van der Waals surface area contributed by atoms with Gasteiger partial charge in [-0.1, -0.05) is 30.3 Å². The molecule has 4 nitrogen and oxygen atoms in total. The Kier molecular flexibility index (Phi) is 5.56. The fourth-order valence-electron chi connectivity index (χ4n) is 2.53. The Bertz CT molecular complexity index is 422. The SMILES string of the molecule is CC1OCCC1CNC(=O)CCC(N)c1ccccc1. The zero-order valence-corrected chi connectivity index (χ0v) is 12.0. The van der Waals surface area contributed by atoms with E-state index in [9.17, 15) is 4.79 Å². The molecule has 0 saturated carbocycles. The summed E-state index contributed by atoms with van der Waals surface area (Å²) in [6.07, 6.45) is 2.43. The first-order chi connectivity index (χ1) is 9.66. The van der Waals surface area contributed by atoms with Crippen LogP contribution in [0.3, 0.4) is 0 Å². The number of rotatable bonds is 6. The molecule has 1 saturated heterocycles. The standard InChI is InChI=1S/C16H24N2O2/c1-12-14(9-10-20-12)11-18-16(19)8-7-15(17)13-5-3-2-4-6-13/h2-6,12,14-15H,7-11,17H2,1H3,(H,18,19). The molecule has 1 aromatic rings. The van der Waals surface area contributed by atoms with E-state index in [4.69, 9.17) is 10.5 Å². The molecule has 1 aromatic carbocycles. The zero-order valence-electron chi connectivity index (χ0n) is 12.0. The topological polar surface area (TPSA) is 64.3 Å². The first-order valence-electron chi connectivity index (χ1n) is 7.35. The highest BCUT2D eigenvalue weighted by Gasteiger charge is 2.24. The molecule has 3 unspecified atom stereocenters. The number of amides is 1. The van der Waals surface area contributed by atoms with Gasteiger partial charge in [0.25, 0.3) is 0 Å². The molecular weight excluding hydrogens is 252 g/mol. The molecule has 0 aliphatic carbocycles. The Morgan fingerprint density at radius 3 is 2.85 bits per heavy atom. The number of nitrogens with two attached hydrogens (primary N) is 1. The van der Waals surface area contributed by atoms with Gasteiger partial charge >= 0.3 is 0 Å². The van der Waals surface area contributed by atoms with Gasteiger partial charge in [0.15, 0.2) is 0 Å². The van der Waals surface area contributed by atoms with Crippen molar-refractivity contribution in [1.29, 1.82) is 0 Å². The maximum atomic E-state index is 11.8. The monoisotopic (exact) mass is 276 g/mol. The molecular formula is C16H24N2O2. The maximum absolute atomic E-state index is 11.8. The maximum Gasteiger partial charge on any atom is 0.220 e. The van der Waals surface area contributed by atoms with Crippen molar-refractivity contribution in [1.82, 2.24) is 5.32 Å². The van der Waals surface area contributed by atoms with Gasteiger partial charge in [-0.2, -0.15) is 0 Å². The third-order valence-electron chi connectivity index (χ3n) is 4.00. The lowest BCUT2D eigenvalue weighted by Gasteiger charge is -2.15. The molecule has 0 spiro atoms. The molecule has 0 radical (unpaired) electrons. The van der Waals surface area contributed by atoms with Gasteiger partial charge in [0.1, 0.15) is 0 Å². The summed E-state index contributed by atoms with van der Waals surface area (Å²) < 4.78 is 5.48. The van der Waals surface area contributed by atoms with Crippen LogP contribution in [0.1, 0.15) is 37.8 Å². The number of carbonyl (C=O) groups excluding carboxylic acids is 1. The van der Waals surface area contributed by atoms with Crippen molar-refractivity contribution >= 4 is 5.91 Å². The second-order valence-electron chi connectivity index (χ2n) is 5.48. The molecule has 2 rings (SSSR count). The summed E-state index contributed by atoms with van der Waals surface area (Å²) >= 11 is 0. The first kappa shape index (κ1) is 15.0. The summed E-state index contributed by atoms with van der Waals surface area (Å²) in [6.45, 7) is 3.58. The van der Waals surface area contributed by atoms with Crippen molar-refractivity contribution in [2.45, 2.75) is 38.3 Å². The van der Waals surface area contributed by atoms with Crippen LogP contribution in [0.5, 0.6) is 0 Å². The second kappa shape index (κ2) is 7.41. The molecule has 1 fully saturated rings. The van der Waals surface area contributed by atoms with Gasteiger partial charge in [-0.25, -0.2) is 0 Å². The van der Waals surface area contributed by atoms with Crippen LogP contribution in [0.25, 0.3) is 0 Å². The van der Waals surface area contributed by atoms with Crippen LogP contribution in [0, 0.1) is 5.92 Å². The van der Waals surface area contributed by atoms with E-state index in [-0.39, 0.29) is 18.1 Å². The van der Waals surface area contributed by atoms with E-state index in [1.807, 2.05) is 30.3 Å². The molecule has 1 aliphatic rings. The molecule has 1 heterocycles. The number of hydrogen-bond acceptors (Lipinski definition) is 3. The Balaban J connectivity index is 1.67. The highest BCUT2D eigenvalue weighted by Crippen LogP contribution is 2.19. The average molecular weight is 276 g/mol. The largest absolute Gasteiger partial charge is 0.378 e. The van der Waals surface area contributed by atoms with Crippen LogP contribution in [0.4, 0.5) is 0 Å². The highest BCUT2D eigenvalue weighted by atomic mass is 16.5. The lowest BCUT2D eigenvalue weighted by atomic mass is 10.0. The van der Waals surface area contributed by atoms with Gasteiger partial charge in [-0.05, 0) is 25.3 Å². The van der Waals surface area contributed by atoms with E-state index in [2.05, 4.69) is 12.2 Å². The van der Waals surface area contributed by atoms with Crippen LogP contribution in [0.2, 0.25) is 0 Å². The smallest absolute Gasteiger partial charge is 0.220 e. The summed E-state index contributed by atoms with van der Waals surface area (Å²) in [7, 11) is 0. The molecule has 1 amide bonds. The van der Waals surface area contributed by atoms with Crippen molar-refractivity contribution in [3.8, 4) is 0 Å². The quantitative estimate of drug-likeness (QED) is 0.835. The van der Waals surface area contributed by atoms with E-state index in [1.54, 1.807) is 0 Å². The van der Waals surface area contributed by atoms with Crippen molar-refractivity contribution in [2.24, 2.45) is 11.7 Å². The number of ether oxygens (including phenoxy) is 1. The van der Waals surface area contributed by atoms with E-state index in [0.717, 1.165) is 18.6 Å². The third kappa shape index (κ3) is 4.32. The van der Waals surface area contributed by atoms with Crippen molar-refractivity contribution in [2.75, 3.05) is 13.2 Å². The highest BCUT2D eigenvalue weighted by molar-refractivity contribution is 5.75. The van der Waals surface area contributed by atoms with E-state index < -0.39 is 0 Å². The summed E-state index contributed by atoms with van der Waals surface area (Å²) in [5, 5.41) is 2.99. The predicted molar refractivity (Wildman–Crippen MR) is 79.1 cm³/mol. The lowest BCUT2D eigenvalue weighted by Crippen LogP contribution is -2.32. The van der Waals surface area contributed by atoms with Crippen LogP contribution < -0.4 is 11.1 Å². The van der Waals surface area contributed by atoms with Gasteiger partial charge in [0, 0.05) is 31.5 Å². The van der Waals surface area contributed by atoms with E-state index >= 15 is 0 Å². The number of nitrogens with one attached hydrogen (secondary N) is 1. The van der Waals surface area contributed by atoms with Gasteiger partial charge in [0.05, 0.1) is 6.10 Å². The summed E-state index contributed by atoms with van der Waals surface area (Å²) in [6, 6.07) is 9.83. The van der Waals surface area contributed by atoms with Crippen molar-refractivity contribution in [3.63, 3.8) is 0 Å². The van der Waals surface area contributed by atoms with Crippen molar-refractivity contribution in [3.05, 3.63) is 35.9 Å². The van der Waals surface area contributed by atoms with Gasteiger partial charge < -0.3 is 15.8 Å². The van der Waals surface area contributed by atoms with Gasteiger partial charge in [-0.15, -0.1) is 0 Å². The number of hydrogen-bond donors (Lipinski definition) is 2. The van der Waals surface area contributed by atoms with E-state index in [0.29, 0.717) is 25.3 Å². The minimum Gasteiger partial charge on any atom is -0.378 e. The third-order valence-corrected chi connectivity index (χ3v) is 4.00. The molecule has 110 valence electrons. The molecule has 0 bridgehead atoms. The number of carbonyl (C=O) groups is 1. The average Bonchev–Trinajstić information content (AvgIpc) is 2.89. The molecule has 3 N–H and O–H groups in total. The molecule has 0 aromatic heterocycles. The Morgan fingerprint density at radius 1 is 1.45 bits per heavy atom. The molecule has 20 heavy (non-hydrogen) atoms. The zero-order chi connectivity index (χ0) is 14.4. The Morgan fingerprint density at radius 2 is 2.20 bits per heavy atom. The minimum absolute atomic E-state index is 0.0734. The summed E-state index contributed by atoms with van der Waals surface area (Å²) in [4.78, 5) is 11.8. The summed E-state index contributed by atoms with van der Waals surface area (Å²) in [5.74, 6) is 0.525. The first-order valence-corrected chi connectivity index (χ1v) is 7.35. The van der Waals surface area contributed by atoms with E-state index in [1.165, 1.54) is 0 Å². The van der Waals surface area contributed by atoms with Crippen LogP contribution in [0.15, 0.2) is 30.3 Å². The second-order valence-corrected chi connectivity index (χ2v) is 5.48. The Hall–Kier alpha value is -1.39. The minimum atomic E-state index is -0.0734. The predicted octanol–water partition coefficient (Wildman–Crippen LogP) is 2.01. The normalized spacial score (nSPS) is 23.5. The Labute approximate surface area is 120 Å². The van der Waals surface area contributed by atoms with Crippen LogP contribution in [-0.4, -0.2) is 25.2 Å². The molecule has 4 heteroatoms. The fourth-order valence-corrected chi connectivity index (χ4v) is 2.53. The fraction of sp³-hybridized carbons (Fsp3) is 0.562. The number of benzene rings is 1. The molecule has 1 aliphatic heterocycles. The van der Waals surface area contributed by atoms with Gasteiger partial charge in [0.2, 0.25) is 5.91 Å². The lowest BCUT2D eigenvalue weighted by molar-refractivity contribution is -0.121. The summed E-state index contributed by atoms with van der Waals surface area (Å²) in [5.41, 5.74) is 7.17. The molecule has 3 atom stereocenters. The van der Waals surface area contributed by atoms with Crippen LogP contribution in [-0.2, 0) is 9.53 Å². The van der Waals surface area contributed by atoms with Crippen LogP contribution >= 0.6 is 0 Å². The van der Waals surface area contributed by atoms with Crippen molar-refractivity contribution < 1.29 is 9.53 Å².